The highest BCUT2D eigenvalue weighted by atomic mass is 16.5. The van der Waals surface area contributed by atoms with Crippen molar-refractivity contribution in [1.29, 1.82) is 0 Å². The van der Waals surface area contributed by atoms with Crippen molar-refractivity contribution in [3.05, 3.63) is 23.5 Å². The largest absolute Gasteiger partial charge is 0.466 e. The van der Waals surface area contributed by atoms with E-state index in [0.29, 0.717) is 12.0 Å². The number of carbonyl (C=O) groups excluding carboxylic acids is 2. The van der Waals surface area contributed by atoms with Gasteiger partial charge in [-0.25, -0.2) is 4.79 Å². The van der Waals surface area contributed by atoms with Gasteiger partial charge in [0, 0.05) is 30.8 Å². The Morgan fingerprint density at radius 3 is 2.94 bits per heavy atom. The molecule has 86 valence electrons. The van der Waals surface area contributed by atoms with Gasteiger partial charge in [0.1, 0.15) is 0 Å². The number of hydrogen-bond acceptors (Lipinski definition) is 4. The number of piperidine rings is 1. The number of nitrogens with one attached hydrogen (secondary N) is 2. The summed E-state index contributed by atoms with van der Waals surface area (Å²) in [5.74, 6) is -0.575. The van der Waals surface area contributed by atoms with Gasteiger partial charge in [-0.05, 0) is 12.5 Å². The number of amides is 1. The molecule has 1 saturated heterocycles. The van der Waals surface area contributed by atoms with Gasteiger partial charge in [-0.2, -0.15) is 0 Å². The third kappa shape index (κ3) is 1.68. The molecule has 2 N–H and O–H groups in total. The number of carbonyl (C=O) groups is 2. The zero-order valence-electron chi connectivity index (χ0n) is 9.24. The van der Waals surface area contributed by atoms with Crippen LogP contribution in [0.4, 0.5) is 0 Å². The molecule has 1 fully saturated rings. The quantitative estimate of drug-likeness (QED) is 0.615. The molecular weight excluding hydrogens is 208 g/mol. The summed E-state index contributed by atoms with van der Waals surface area (Å²) in [6.45, 7) is 1.90. The summed E-state index contributed by atoms with van der Waals surface area (Å²) in [5.41, 5.74) is 1.53. The maximum absolute atomic E-state index is 11.5. The lowest BCUT2D eigenvalue weighted by molar-refractivity contribution is -0.136. The Hall–Kier alpha value is -1.78. The number of esters is 1. The Kier molecular flexibility index (Phi) is 2.68. The van der Waals surface area contributed by atoms with Gasteiger partial charge >= 0.3 is 5.97 Å². The summed E-state index contributed by atoms with van der Waals surface area (Å²) in [6, 6.07) is -0.0490. The molecule has 2 aliphatic rings. The van der Waals surface area contributed by atoms with Gasteiger partial charge < -0.3 is 15.4 Å². The number of hydrogen-bond donors (Lipinski definition) is 2. The van der Waals surface area contributed by atoms with Crippen LogP contribution < -0.4 is 10.6 Å². The Morgan fingerprint density at radius 1 is 1.50 bits per heavy atom. The Bertz CT molecular complexity index is 398. The highest BCUT2D eigenvalue weighted by Gasteiger charge is 2.35. The molecule has 5 nitrogen and oxygen atoms in total. The average molecular weight is 222 g/mol. The number of fused-ring (bicyclic) bond motifs is 1. The molecule has 2 heterocycles. The van der Waals surface area contributed by atoms with Gasteiger partial charge in [0.25, 0.3) is 0 Å². The lowest BCUT2D eigenvalue weighted by Gasteiger charge is -2.33. The standard InChI is InChI=1S/C11H14N2O3/c1-6-8-4-12-5-9(11(15)16-2)7(8)3-10(14)13-6/h4-7,12H,3H2,1-2H3,(H,13,14)/t6-,7+/m1/s1. The summed E-state index contributed by atoms with van der Waals surface area (Å²) in [7, 11) is 1.34. The van der Waals surface area contributed by atoms with Crippen LogP contribution in [0, 0.1) is 5.92 Å². The van der Waals surface area contributed by atoms with Crippen LogP contribution in [0.2, 0.25) is 0 Å². The van der Waals surface area contributed by atoms with Crippen LogP contribution in [0.5, 0.6) is 0 Å². The molecular formula is C11H14N2O3. The predicted molar refractivity (Wildman–Crippen MR) is 57.0 cm³/mol. The molecule has 2 aliphatic heterocycles. The number of methoxy groups -OCH3 is 1. The van der Waals surface area contributed by atoms with Crippen molar-refractivity contribution in [3.8, 4) is 0 Å². The van der Waals surface area contributed by atoms with E-state index in [4.69, 9.17) is 4.74 Å². The van der Waals surface area contributed by atoms with Gasteiger partial charge in [0.15, 0.2) is 0 Å². The van der Waals surface area contributed by atoms with Crippen molar-refractivity contribution in [1.82, 2.24) is 10.6 Å². The molecule has 1 amide bonds. The lowest BCUT2D eigenvalue weighted by Crippen LogP contribution is -2.45. The molecule has 0 unspecified atom stereocenters. The molecule has 0 bridgehead atoms. The van der Waals surface area contributed by atoms with E-state index >= 15 is 0 Å². The molecule has 0 aromatic carbocycles. The highest BCUT2D eigenvalue weighted by Crippen LogP contribution is 2.32. The van der Waals surface area contributed by atoms with E-state index in [1.54, 1.807) is 6.20 Å². The zero-order chi connectivity index (χ0) is 11.7. The minimum atomic E-state index is -0.384. The van der Waals surface area contributed by atoms with Crippen LogP contribution in [0.1, 0.15) is 13.3 Å². The van der Waals surface area contributed by atoms with Crippen LogP contribution in [-0.4, -0.2) is 25.0 Å². The van der Waals surface area contributed by atoms with Crippen LogP contribution in [0.25, 0.3) is 0 Å². The Morgan fingerprint density at radius 2 is 2.25 bits per heavy atom. The molecule has 0 aromatic heterocycles. The van der Waals surface area contributed by atoms with Crippen LogP contribution >= 0.6 is 0 Å². The molecule has 2 rings (SSSR count). The molecule has 0 radical (unpaired) electrons. The fourth-order valence-electron chi connectivity index (χ4n) is 2.15. The SMILES string of the molecule is COC(=O)C1=CNC=C2[C@@H]1CC(=O)N[C@@H]2C. The first kappa shape index (κ1) is 10.7. The number of dihydropyridines is 1. The van der Waals surface area contributed by atoms with Crippen LogP contribution in [-0.2, 0) is 14.3 Å². The van der Waals surface area contributed by atoms with Crippen molar-refractivity contribution in [2.24, 2.45) is 5.92 Å². The highest BCUT2D eigenvalue weighted by molar-refractivity contribution is 5.92. The fourth-order valence-corrected chi connectivity index (χ4v) is 2.15. The first-order valence-electron chi connectivity index (χ1n) is 5.17. The second-order valence-corrected chi connectivity index (χ2v) is 3.95. The maximum Gasteiger partial charge on any atom is 0.335 e. The first-order chi connectivity index (χ1) is 7.63. The van der Waals surface area contributed by atoms with E-state index in [1.807, 2.05) is 13.1 Å². The average Bonchev–Trinajstić information content (AvgIpc) is 2.27. The van der Waals surface area contributed by atoms with Crippen LogP contribution in [0.15, 0.2) is 23.5 Å². The van der Waals surface area contributed by atoms with E-state index in [9.17, 15) is 9.59 Å². The molecule has 2 atom stereocenters. The zero-order valence-corrected chi connectivity index (χ0v) is 9.24. The molecule has 0 saturated carbocycles. The van der Waals surface area contributed by atoms with Gasteiger partial charge in [0.05, 0.1) is 12.7 Å². The Labute approximate surface area is 93.5 Å². The lowest BCUT2D eigenvalue weighted by atomic mass is 9.81. The Balaban J connectivity index is 2.28. The third-order valence-corrected chi connectivity index (χ3v) is 2.95. The van der Waals surface area contributed by atoms with Gasteiger partial charge in [-0.15, -0.1) is 0 Å². The molecule has 16 heavy (non-hydrogen) atoms. The summed E-state index contributed by atoms with van der Waals surface area (Å²) in [4.78, 5) is 23.0. The second-order valence-electron chi connectivity index (χ2n) is 3.95. The minimum Gasteiger partial charge on any atom is -0.466 e. The first-order valence-corrected chi connectivity index (χ1v) is 5.17. The monoisotopic (exact) mass is 222 g/mol. The van der Waals surface area contributed by atoms with Crippen molar-refractivity contribution in [2.75, 3.05) is 7.11 Å². The summed E-state index contributed by atoms with van der Waals surface area (Å²) >= 11 is 0. The van der Waals surface area contributed by atoms with Gasteiger partial charge in [0.2, 0.25) is 5.91 Å². The summed E-state index contributed by atoms with van der Waals surface area (Å²) in [6.07, 6.45) is 3.74. The topological polar surface area (TPSA) is 67.4 Å². The maximum atomic E-state index is 11.5. The minimum absolute atomic E-state index is 0.0358. The van der Waals surface area contributed by atoms with Gasteiger partial charge in [-0.1, -0.05) is 0 Å². The van der Waals surface area contributed by atoms with E-state index in [1.165, 1.54) is 7.11 Å². The van der Waals surface area contributed by atoms with Crippen molar-refractivity contribution >= 4 is 11.9 Å². The molecule has 5 heteroatoms. The summed E-state index contributed by atoms with van der Waals surface area (Å²) < 4.78 is 4.70. The van der Waals surface area contributed by atoms with Gasteiger partial charge in [-0.3, -0.25) is 4.79 Å². The molecule has 0 spiro atoms. The van der Waals surface area contributed by atoms with E-state index < -0.39 is 0 Å². The third-order valence-electron chi connectivity index (χ3n) is 2.95. The second kappa shape index (κ2) is 4.00. The van der Waals surface area contributed by atoms with E-state index in [-0.39, 0.29) is 23.8 Å². The smallest absolute Gasteiger partial charge is 0.335 e. The normalized spacial score (nSPS) is 28.0. The van der Waals surface area contributed by atoms with Crippen molar-refractivity contribution in [2.45, 2.75) is 19.4 Å². The van der Waals surface area contributed by atoms with Crippen molar-refractivity contribution < 1.29 is 14.3 Å². The predicted octanol–water partition coefficient (Wildman–Crippen LogP) is 0.0550. The van der Waals surface area contributed by atoms with E-state index in [0.717, 1.165) is 5.57 Å². The number of rotatable bonds is 1. The van der Waals surface area contributed by atoms with E-state index in [2.05, 4.69) is 10.6 Å². The molecule has 0 aromatic rings. The molecule has 0 aliphatic carbocycles. The van der Waals surface area contributed by atoms with Crippen molar-refractivity contribution in [3.63, 3.8) is 0 Å². The number of ether oxygens (including phenoxy) is 1. The fraction of sp³-hybridized carbons (Fsp3) is 0.455. The van der Waals surface area contributed by atoms with Crippen LogP contribution in [0.3, 0.4) is 0 Å². The summed E-state index contributed by atoms with van der Waals surface area (Å²) in [5, 5.41) is 5.75.